The molecule has 0 aliphatic carbocycles. The summed E-state index contributed by atoms with van der Waals surface area (Å²) in [5.74, 6) is 1.59. The Morgan fingerprint density at radius 1 is 1.21 bits per heavy atom. The van der Waals surface area contributed by atoms with E-state index in [0.29, 0.717) is 0 Å². The minimum Gasteiger partial charge on any atom is -0.497 e. The van der Waals surface area contributed by atoms with Gasteiger partial charge >= 0.3 is 0 Å². The predicted molar refractivity (Wildman–Crippen MR) is 76.3 cm³/mol. The molecule has 0 unspecified atom stereocenters. The highest BCUT2D eigenvalue weighted by atomic mass is 32.1. The van der Waals surface area contributed by atoms with Crippen LogP contribution in [0, 0.1) is 6.92 Å². The highest BCUT2D eigenvalue weighted by Crippen LogP contribution is 2.33. The number of fused-ring (bicyclic) bond motifs is 1. The van der Waals surface area contributed by atoms with Gasteiger partial charge in [-0.2, -0.15) is 0 Å². The molecule has 4 nitrogen and oxygen atoms in total. The Bertz CT molecular complexity index is 730. The van der Waals surface area contributed by atoms with Crippen molar-refractivity contribution in [3.8, 4) is 22.8 Å². The Balaban J connectivity index is 2.18. The first kappa shape index (κ1) is 12.0. The minimum atomic E-state index is 0.795. The maximum absolute atomic E-state index is 5.40. The van der Waals surface area contributed by atoms with Gasteiger partial charge in [0.1, 0.15) is 11.5 Å². The summed E-state index contributed by atoms with van der Waals surface area (Å²) in [6.07, 6.45) is 2.03. The van der Waals surface area contributed by atoms with Crippen LogP contribution in [0.15, 0.2) is 29.8 Å². The zero-order valence-electron chi connectivity index (χ0n) is 11.0. The number of hydrogen-bond acceptors (Lipinski definition) is 4. The van der Waals surface area contributed by atoms with Gasteiger partial charge in [0.2, 0.25) is 0 Å². The third-order valence-electron chi connectivity index (χ3n) is 3.07. The van der Waals surface area contributed by atoms with Crippen LogP contribution in [0.1, 0.15) is 5.69 Å². The summed E-state index contributed by atoms with van der Waals surface area (Å²) in [7, 11) is 3.32. The van der Waals surface area contributed by atoms with Gasteiger partial charge in [0.25, 0.3) is 0 Å². The second kappa shape index (κ2) is 4.59. The van der Waals surface area contributed by atoms with Crippen molar-refractivity contribution in [1.82, 2.24) is 9.38 Å². The largest absolute Gasteiger partial charge is 0.497 e. The van der Waals surface area contributed by atoms with Crippen LogP contribution in [0.5, 0.6) is 11.5 Å². The first-order valence-corrected chi connectivity index (χ1v) is 6.76. The predicted octanol–water partition coefficient (Wildman–Crippen LogP) is 3.39. The van der Waals surface area contributed by atoms with Gasteiger partial charge in [0.15, 0.2) is 4.96 Å². The lowest BCUT2D eigenvalue weighted by Gasteiger charge is -2.08. The fourth-order valence-corrected chi connectivity index (χ4v) is 2.89. The van der Waals surface area contributed by atoms with Gasteiger partial charge < -0.3 is 9.47 Å². The Morgan fingerprint density at radius 2 is 2.05 bits per heavy atom. The van der Waals surface area contributed by atoms with Gasteiger partial charge in [0, 0.05) is 22.8 Å². The van der Waals surface area contributed by atoms with Crippen LogP contribution in [0.4, 0.5) is 0 Å². The van der Waals surface area contributed by atoms with E-state index in [1.165, 1.54) is 5.69 Å². The van der Waals surface area contributed by atoms with Crippen LogP contribution in [0.25, 0.3) is 16.2 Å². The highest BCUT2D eigenvalue weighted by Gasteiger charge is 2.13. The summed E-state index contributed by atoms with van der Waals surface area (Å²) in [5, 5.41) is 2.09. The molecule has 3 aromatic rings. The van der Waals surface area contributed by atoms with Crippen molar-refractivity contribution < 1.29 is 9.47 Å². The molecule has 0 aliphatic rings. The van der Waals surface area contributed by atoms with E-state index < -0.39 is 0 Å². The van der Waals surface area contributed by atoms with E-state index in [2.05, 4.69) is 21.7 Å². The van der Waals surface area contributed by atoms with Crippen LogP contribution in [0.3, 0.4) is 0 Å². The average molecular weight is 274 g/mol. The summed E-state index contributed by atoms with van der Waals surface area (Å²) in [4.78, 5) is 5.62. The number of benzene rings is 1. The smallest absolute Gasteiger partial charge is 0.194 e. The standard InChI is InChI=1S/C14H14N2O2S/c1-9-8-19-14-15-12(7-16(9)14)11-6-10(17-2)4-5-13(11)18-3/h4-8H,1-3H3. The van der Waals surface area contributed by atoms with E-state index >= 15 is 0 Å². The molecule has 3 rings (SSSR count). The van der Waals surface area contributed by atoms with Crippen molar-refractivity contribution >= 4 is 16.3 Å². The molecule has 0 radical (unpaired) electrons. The van der Waals surface area contributed by atoms with Gasteiger partial charge in [-0.3, -0.25) is 4.40 Å². The summed E-state index contributed by atoms with van der Waals surface area (Å²) in [5.41, 5.74) is 3.02. The second-order valence-corrected chi connectivity index (χ2v) is 5.06. The molecular formula is C14H14N2O2S. The van der Waals surface area contributed by atoms with E-state index in [1.807, 2.05) is 24.4 Å². The normalized spacial score (nSPS) is 10.9. The van der Waals surface area contributed by atoms with Gasteiger partial charge in [-0.15, -0.1) is 11.3 Å². The zero-order chi connectivity index (χ0) is 13.4. The molecule has 0 fully saturated rings. The van der Waals surface area contributed by atoms with Crippen LogP contribution >= 0.6 is 11.3 Å². The molecule has 0 bridgehead atoms. The molecule has 2 aromatic heterocycles. The van der Waals surface area contributed by atoms with E-state index in [9.17, 15) is 0 Å². The first-order chi connectivity index (χ1) is 9.22. The molecule has 0 saturated heterocycles. The van der Waals surface area contributed by atoms with Crippen LogP contribution in [-0.4, -0.2) is 23.6 Å². The quantitative estimate of drug-likeness (QED) is 0.734. The van der Waals surface area contributed by atoms with E-state index in [1.54, 1.807) is 25.6 Å². The van der Waals surface area contributed by atoms with Crippen LogP contribution < -0.4 is 9.47 Å². The molecule has 0 atom stereocenters. The summed E-state index contributed by atoms with van der Waals surface area (Å²) in [6, 6.07) is 5.72. The number of rotatable bonds is 3. The van der Waals surface area contributed by atoms with E-state index in [-0.39, 0.29) is 0 Å². The topological polar surface area (TPSA) is 35.8 Å². The molecule has 19 heavy (non-hydrogen) atoms. The summed E-state index contributed by atoms with van der Waals surface area (Å²) in [6.45, 7) is 2.07. The second-order valence-electron chi connectivity index (χ2n) is 4.22. The average Bonchev–Trinajstić information content (AvgIpc) is 3.00. The number of methoxy groups -OCH3 is 2. The lowest BCUT2D eigenvalue weighted by atomic mass is 10.1. The number of aromatic nitrogens is 2. The lowest BCUT2D eigenvalue weighted by molar-refractivity contribution is 0.404. The number of nitrogens with zero attached hydrogens (tertiary/aromatic N) is 2. The monoisotopic (exact) mass is 274 g/mol. The molecule has 0 saturated carbocycles. The molecule has 0 N–H and O–H groups in total. The third-order valence-corrected chi connectivity index (χ3v) is 4.03. The molecule has 0 spiro atoms. The van der Waals surface area contributed by atoms with Crippen molar-refractivity contribution in [3.63, 3.8) is 0 Å². The number of imidazole rings is 1. The highest BCUT2D eigenvalue weighted by molar-refractivity contribution is 7.15. The van der Waals surface area contributed by atoms with Gasteiger partial charge in [0.05, 0.1) is 19.9 Å². The minimum absolute atomic E-state index is 0.795. The van der Waals surface area contributed by atoms with E-state index in [0.717, 1.165) is 27.7 Å². The molecule has 5 heteroatoms. The van der Waals surface area contributed by atoms with Crippen molar-refractivity contribution in [2.75, 3.05) is 14.2 Å². The van der Waals surface area contributed by atoms with Crippen LogP contribution in [0.2, 0.25) is 0 Å². The number of hydrogen-bond donors (Lipinski definition) is 0. The SMILES string of the molecule is COc1ccc(OC)c(-c2cn3c(C)csc3n2)c1. The van der Waals surface area contributed by atoms with Gasteiger partial charge in [-0.05, 0) is 25.1 Å². The van der Waals surface area contributed by atoms with Crippen molar-refractivity contribution in [3.05, 3.63) is 35.5 Å². The number of ether oxygens (including phenoxy) is 2. The van der Waals surface area contributed by atoms with Crippen molar-refractivity contribution in [1.29, 1.82) is 0 Å². The van der Waals surface area contributed by atoms with Gasteiger partial charge in [-0.1, -0.05) is 0 Å². The van der Waals surface area contributed by atoms with E-state index in [4.69, 9.17) is 9.47 Å². The van der Waals surface area contributed by atoms with Crippen molar-refractivity contribution in [2.24, 2.45) is 0 Å². The molecule has 0 aliphatic heterocycles. The Morgan fingerprint density at radius 3 is 2.74 bits per heavy atom. The molecular weight excluding hydrogens is 260 g/mol. The lowest BCUT2D eigenvalue weighted by Crippen LogP contribution is -1.90. The molecule has 2 heterocycles. The Hall–Kier alpha value is -2.01. The number of aryl methyl sites for hydroxylation is 1. The third kappa shape index (κ3) is 1.96. The van der Waals surface area contributed by atoms with Crippen LogP contribution in [-0.2, 0) is 0 Å². The fourth-order valence-electron chi connectivity index (χ4n) is 2.04. The Kier molecular flexibility index (Phi) is 2.91. The molecule has 0 amide bonds. The zero-order valence-corrected chi connectivity index (χ0v) is 11.8. The maximum atomic E-state index is 5.40. The first-order valence-electron chi connectivity index (χ1n) is 5.88. The fraction of sp³-hybridized carbons (Fsp3) is 0.214. The Labute approximate surface area is 115 Å². The van der Waals surface area contributed by atoms with Crippen molar-refractivity contribution in [2.45, 2.75) is 6.92 Å². The number of thiazole rings is 1. The molecule has 1 aromatic carbocycles. The summed E-state index contributed by atoms with van der Waals surface area (Å²) >= 11 is 1.63. The summed E-state index contributed by atoms with van der Waals surface area (Å²) < 4.78 is 12.8. The molecule has 98 valence electrons. The van der Waals surface area contributed by atoms with Gasteiger partial charge in [-0.25, -0.2) is 4.98 Å². The maximum Gasteiger partial charge on any atom is 0.194 e.